The predicted molar refractivity (Wildman–Crippen MR) is 112 cm³/mol. The Kier molecular flexibility index (Phi) is 5.21. The topological polar surface area (TPSA) is 72.7 Å². The number of anilines is 2. The lowest BCUT2D eigenvalue weighted by Crippen LogP contribution is -2.03. The van der Waals surface area contributed by atoms with Gasteiger partial charge in [-0.25, -0.2) is 23.7 Å². The summed E-state index contributed by atoms with van der Waals surface area (Å²) < 4.78 is 42.0. The normalized spacial score (nSPS) is 11.3. The van der Waals surface area contributed by atoms with Gasteiger partial charge in [0.25, 0.3) is 4.90 Å². The molecule has 0 unspecified atom stereocenters. The number of hydrogen-bond acceptors (Lipinski definition) is 5. The molecule has 4 rings (SSSR count). The van der Waals surface area contributed by atoms with Crippen molar-refractivity contribution in [2.24, 2.45) is 0 Å². The van der Waals surface area contributed by atoms with Crippen LogP contribution in [0.5, 0.6) is 0 Å². The van der Waals surface area contributed by atoms with E-state index in [0.717, 1.165) is 6.20 Å². The van der Waals surface area contributed by atoms with Crippen LogP contribution in [-0.2, 0) is 15.9 Å². The van der Waals surface area contributed by atoms with Gasteiger partial charge in [0, 0.05) is 33.6 Å². The summed E-state index contributed by atoms with van der Waals surface area (Å²) in [4.78, 5) is 13.1. The van der Waals surface area contributed by atoms with Crippen molar-refractivity contribution in [1.82, 2.24) is 19.5 Å². The van der Waals surface area contributed by atoms with Gasteiger partial charge in [-0.05, 0) is 45.0 Å². The van der Waals surface area contributed by atoms with E-state index in [1.807, 2.05) is 25.3 Å². The standard InChI is InChI=1S/C21H18F2N5OS/c1-11(2)28-12(3)25-20-16(22)8-13(9-18(20)28)19-17(23)10-24-21(27-19)26-14-4-6-15(30-29)7-5-14/h4-11H,1-3H3,(H,24,26,27)/q+1. The van der Waals surface area contributed by atoms with Crippen LogP contribution in [0.3, 0.4) is 0 Å². The number of aryl methyl sites for hydroxylation is 1. The summed E-state index contributed by atoms with van der Waals surface area (Å²) in [6, 6.07) is 9.69. The molecule has 0 aliphatic rings. The lowest BCUT2D eigenvalue weighted by molar-refractivity contribution is 0.599. The van der Waals surface area contributed by atoms with Gasteiger partial charge in [0.05, 0.1) is 11.7 Å². The van der Waals surface area contributed by atoms with Gasteiger partial charge in [-0.15, -0.1) is 0 Å². The van der Waals surface area contributed by atoms with Crippen molar-refractivity contribution in [3.63, 3.8) is 0 Å². The zero-order valence-corrected chi connectivity index (χ0v) is 17.3. The number of nitrogens with one attached hydrogen (secondary N) is 1. The number of aromatic nitrogens is 4. The molecule has 4 aromatic rings. The summed E-state index contributed by atoms with van der Waals surface area (Å²) in [6.45, 7) is 5.76. The van der Waals surface area contributed by atoms with Gasteiger partial charge in [-0.2, -0.15) is 0 Å². The molecule has 2 aromatic heterocycles. The van der Waals surface area contributed by atoms with Crippen LogP contribution in [0, 0.1) is 18.6 Å². The Morgan fingerprint density at radius 2 is 1.80 bits per heavy atom. The molecule has 30 heavy (non-hydrogen) atoms. The van der Waals surface area contributed by atoms with Crippen LogP contribution in [0.25, 0.3) is 22.3 Å². The van der Waals surface area contributed by atoms with E-state index in [2.05, 4.69) is 20.3 Å². The van der Waals surface area contributed by atoms with E-state index < -0.39 is 11.6 Å². The Balaban J connectivity index is 1.78. The van der Waals surface area contributed by atoms with Crippen LogP contribution in [-0.4, -0.2) is 19.5 Å². The SMILES string of the molecule is Cc1nc2c(F)cc(-c3nc(Nc4ccc([S+]=O)cc4)ncc3F)cc2n1C(C)C. The number of benzene rings is 2. The molecule has 0 atom stereocenters. The van der Waals surface area contributed by atoms with Gasteiger partial charge in [-0.3, -0.25) is 0 Å². The quantitative estimate of drug-likeness (QED) is 0.445. The van der Waals surface area contributed by atoms with Crippen LogP contribution < -0.4 is 5.32 Å². The first-order valence-corrected chi connectivity index (χ1v) is 9.99. The van der Waals surface area contributed by atoms with E-state index in [0.29, 0.717) is 39.2 Å². The smallest absolute Gasteiger partial charge is 0.326 e. The van der Waals surface area contributed by atoms with E-state index in [9.17, 15) is 13.0 Å². The molecule has 0 bridgehead atoms. The molecule has 2 aromatic carbocycles. The van der Waals surface area contributed by atoms with Crippen molar-refractivity contribution < 1.29 is 13.0 Å². The van der Waals surface area contributed by atoms with E-state index in [1.165, 1.54) is 6.07 Å². The maximum atomic E-state index is 14.8. The lowest BCUT2D eigenvalue weighted by atomic mass is 10.1. The fraction of sp³-hybridized carbons (Fsp3) is 0.190. The Morgan fingerprint density at radius 1 is 1.07 bits per heavy atom. The number of nitrogens with zero attached hydrogens (tertiary/aromatic N) is 4. The second-order valence-corrected chi connectivity index (χ2v) is 7.71. The number of imidazole rings is 1. The van der Waals surface area contributed by atoms with Crippen LogP contribution in [0.1, 0.15) is 25.7 Å². The number of hydrogen-bond donors (Lipinski definition) is 1. The van der Waals surface area contributed by atoms with Gasteiger partial charge < -0.3 is 9.88 Å². The third-order valence-corrected chi connectivity index (χ3v) is 5.13. The minimum absolute atomic E-state index is 0.0193. The molecule has 0 amide bonds. The largest absolute Gasteiger partial charge is 0.505 e. The molecule has 0 spiro atoms. The summed E-state index contributed by atoms with van der Waals surface area (Å²) in [5.74, 6) is -0.364. The summed E-state index contributed by atoms with van der Waals surface area (Å²) in [6.07, 6.45) is 1.04. The minimum Gasteiger partial charge on any atom is -0.326 e. The summed E-state index contributed by atoms with van der Waals surface area (Å²) in [5, 5.41) is 2.97. The lowest BCUT2D eigenvalue weighted by Gasteiger charge is -2.12. The first-order chi connectivity index (χ1) is 14.4. The van der Waals surface area contributed by atoms with E-state index >= 15 is 0 Å². The molecule has 6 nitrogen and oxygen atoms in total. The minimum atomic E-state index is -0.662. The zero-order chi connectivity index (χ0) is 21.4. The van der Waals surface area contributed by atoms with Crippen molar-refractivity contribution in [3.05, 3.63) is 60.1 Å². The highest BCUT2D eigenvalue weighted by Crippen LogP contribution is 2.30. The van der Waals surface area contributed by atoms with Crippen molar-refractivity contribution in [1.29, 1.82) is 0 Å². The van der Waals surface area contributed by atoms with Crippen molar-refractivity contribution in [3.8, 4) is 11.3 Å². The van der Waals surface area contributed by atoms with Gasteiger partial charge in [0.1, 0.15) is 17.0 Å². The van der Waals surface area contributed by atoms with Crippen LogP contribution in [0.4, 0.5) is 20.4 Å². The number of halogens is 2. The van der Waals surface area contributed by atoms with Crippen LogP contribution in [0.2, 0.25) is 0 Å². The average Bonchev–Trinajstić information content (AvgIpc) is 3.06. The molecule has 2 heterocycles. The van der Waals surface area contributed by atoms with Crippen molar-refractivity contribution in [2.75, 3.05) is 5.32 Å². The fourth-order valence-electron chi connectivity index (χ4n) is 3.41. The molecule has 0 aliphatic heterocycles. The molecule has 9 heteroatoms. The highest BCUT2D eigenvalue weighted by atomic mass is 32.1. The van der Waals surface area contributed by atoms with Gasteiger partial charge in [-0.1, -0.05) is 0 Å². The monoisotopic (exact) mass is 426 g/mol. The summed E-state index contributed by atoms with van der Waals surface area (Å²) in [7, 11) is 0. The third kappa shape index (κ3) is 3.63. The Labute approximate surface area is 175 Å². The highest BCUT2D eigenvalue weighted by molar-refractivity contribution is 7.65. The maximum absolute atomic E-state index is 14.8. The second kappa shape index (κ2) is 7.83. The van der Waals surface area contributed by atoms with E-state index in [-0.39, 0.29) is 23.2 Å². The fourth-order valence-corrected chi connectivity index (χ4v) is 3.66. The molecule has 0 saturated heterocycles. The molecular weight excluding hydrogens is 408 g/mol. The van der Waals surface area contributed by atoms with Crippen molar-refractivity contribution >= 4 is 34.3 Å². The summed E-state index contributed by atoms with van der Waals surface area (Å²) >= 11 is 0.391. The molecule has 0 aliphatic carbocycles. The average molecular weight is 426 g/mol. The molecule has 1 N–H and O–H groups in total. The second-order valence-electron chi connectivity index (χ2n) is 7.07. The third-order valence-electron chi connectivity index (χ3n) is 4.67. The van der Waals surface area contributed by atoms with Crippen LogP contribution >= 0.6 is 0 Å². The molecule has 0 saturated carbocycles. The number of fused-ring (bicyclic) bond motifs is 1. The summed E-state index contributed by atoms with van der Waals surface area (Å²) in [5.41, 5.74) is 1.74. The van der Waals surface area contributed by atoms with Crippen molar-refractivity contribution in [2.45, 2.75) is 31.7 Å². The first kappa shape index (κ1) is 20.0. The molecule has 152 valence electrons. The Morgan fingerprint density at radius 3 is 2.47 bits per heavy atom. The predicted octanol–water partition coefficient (Wildman–Crippen LogP) is 5.19. The Bertz CT molecular complexity index is 1250. The van der Waals surface area contributed by atoms with E-state index in [1.54, 1.807) is 30.3 Å². The van der Waals surface area contributed by atoms with E-state index in [4.69, 9.17) is 0 Å². The zero-order valence-electron chi connectivity index (χ0n) is 16.5. The number of rotatable bonds is 5. The molecule has 0 fully saturated rings. The maximum Gasteiger partial charge on any atom is 0.505 e. The Hall–Kier alpha value is -3.33. The molecular formula is C21H18F2N5OS+. The van der Waals surface area contributed by atoms with Crippen LogP contribution in [0.15, 0.2) is 47.5 Å². The van der Waals surface area contributed by atoms with Gasteiger partial charge >= 0.3 is 11.7 Å². The van der Waals surface area contributed by atoms with Gasteiger partial charge in [0.2, 0.25) is 5.95 Å². The molecule has 0 radical (unpaired) electrons. The van der Waals surface area contributed by atoms with Gasteiger partial charge in [0.15, 0.2) is 11.6 Å². The highest BCUT2D eigenvalue weighted by Gasteiger charge is 2.18. The first-order valence-electron chi connectivity index (χ1n) is 9.25.